The van der Waals surface area contributed by atoms with Gasteiger partial charge in [-0.05, 0) is 11.4 Å². The SMILES string of the molecule is OCC#Cc1ccsc1CO. The van der Waals surface area contributed by atoms with Crippen LogP contribution in [-0.2, 0) is 6.61 Å². The molecule has 0 saturated carbocycles. The Bertz CT molecular complexity index is 280. The zero-order chi connectivity index (χ0) is 8.10. The molecular weight excluding hydrogens is 160 g/mol. The van der Waals surface area contributed by atoms with E-state index in [-0.39, 0.29) is 13.2 Å². The van der Waals surface area contributed by atoms with Crippen LogP contribution >= 0.6 is 11.3 Å². The highest BCUT2D eigenvalue weighted by molar-refractivity contribution is 7.10. The second-order valence-corrected chi connectivity index (χ2v) is 2.88. The Morgan fingerprint density at radius 3 is 2.91 bits per heavy atom. The first-order valence-corrected chi connectivity index (χ1v) is 4.03. The van der Waals surface area contributed by atoms with Crippen LogP contribution in [0.3, 0.4) is 0 Å². The third kappa shape index (κ3) is 2.05. The molecule has 0 fully saturated rings. The molecule has 0 aromatic carbocycles. The second-order valence-electron chi connectivity index (χ2n) is 1.88. The monoisotopic (exact) mass is 168 g/mol. The molecule has 2 N–H and O–H groups in total. The van der Waals surface area contributed by atoms with E-state index in [0.717, 1.165) is 10.4 Å². The Morgan fingerprint density at radius 1 is 1.45 bits per heavy atom. The maximum absolute atomic E-state index is 8.79. The summed E-state index contributed by atoms with van der Waals surface area (Å²) >= 11 is 1.47. The third-order valence-electron chi connectivity index (χ3n) is 1.19. The molecule has 0 atom stereocenters. The Hall–Kier alpha value is -0.820. The normalized spacial score (nSPS) is 8.91. The van der Waals surface area contributed by atoms with Crippen molar-refractivity contribution in [2.24, 2.45) is 0 Å². The van der Waals surface area contributed by atoms with Crippen LogP contribution in [0.1, 0.15) is 10.4 Å². The molecule has 2 nitrogen and oxygen atoms in total. The van der Waals surface area contributed by atoms with Crippen molar-refractivity contribution in [3.8, 4) is 11.8 Å². The summed E-state index contributed by atoms with van der Waals surface area (Å²) in [6.07, 6.45) is 0. The summed E-state index contributed by atoms with van der Waals surface area (Å²) in [6.45, 7) is -0.117. The number of aliphatic hydroxyl groups excluding tert-OH is 2. The molecule has 0 aliphatic carbocycles. The number of hydrogen-bond donors (Lipinski definition) is 2. The number of aliphatic hydroxyl groups is 2. The number of rotatable bonds is 1. The van der Waals surface area contributed by atoms with E-state index in [9.17, 15) is 0 Å². The van der Waals surface area contributed by atoms with E-state index >= 15 is 0 Å². The van der Waals surface area contributed by atoms with Gasteiger partial charge in [0.15, 0.2) is 0 Å². The van der Waals surface area contributed by atoms with Crippen LogP contribution < -0.4 is 0 Å². The van der Waals surface area contributed by atoms with Gasteiger partial charge in [-0.15, -0.1) is 11.3 Å². The summed E-state index contributed by atoms with van der Waals surface area (Å²) in [5, 5.41) is 19.1. The highest BCUT2D eigenvalue weighted by Crippen LogP contribution is 2.14. The van der Waals surface area contributed by atoms with Crippen LogP contribution in [0.5, 0.6) is 0 Å². The molecule has 0 radical (unpaired) electrons. The molecule has 0 aliphatic heterocycles. The van der Waals surface area contributed by atoms with Crippen molar-refractivity contribution in [3.05, 3.63) is 21.9 Å². The second kappa shape index (κ2) is 4.14. The summed E-state index contributed by atoms with van der Waals surface area (Å²) in [4.78, 5) is 0.853. The maximum atomic E-state index is 8.79. The van der Waals surface area contributed by atoms with Crippen molar-refractivity contribution in [3.63, 3.8) is 0 Å². The van der Waals surface area contributed by atoms with E-state index in [1.807, 2.05) is 11.4 Å². The highest BCUT2D eigenvalue weighted by Gasteiger charge is 1.97. The van der Waals surface area contributed by atoms with E-state index in [0.29, 0.717) is 0 Å². The fourth-order valence-corrected chi connectivity index (χ4v) is 1.40. The van der Waals surface area contributed by atoms with E-state index in [2.05, 4.69) is 11.8 Å². The van der Waals surface area contributed by atoms with Gasteiger partial charge in [0.1, 0.15) is 6.61 Å². The molecule has 0 saturated heterocycles. The predicted octanol–water partition coefficient (Wildman–Crippen LogP) is 0.584. The minimum absolute atomic E-state index is 0.0209. The van der Waals surface area contributed by atoms with Crippen molar-refractivity contribution >= 4 is 11.3 Å². The van der Waals surface area contributed by atoms with Gasteiger partial charge in [-0.25, -0.2) is 0 Å². The summed E-state index contributed by atoms with van der Waals surface area (Å²) in [5.41, 5.74) is 0.812. The molecule has 58 valence electrons. The standard InChI is InChI=1S/C8H8O2S/c9-4-1-2-7-3-5-11-8(7)6-10/h3,5,9-10H,4,6H2. The van der Waals surface area contributed by atoms with Crippen LogP contribution in [0, 0.1) is 11.8 Å². The minimum Gasteiger partial charge on any atom is -0.391 e. The first-order valence-electron chi connectivity index (χ1n) is 3.15. The summed E-state index contributed by atoms with van der Waals surface area (Å²) in [5.74, 6) is 5.27. The Labute approximate surface area is 69.1 Å². The molecule has 1 aromatic heterocycles. The van der Waals surface area contributed by atoms with E-state index in [1.165, 1.54) is 11.3 Å². The summed E-state index contributed by atoms with van der Waals surface area (Å²) < 4.78 is 0. The summed E-state index contributed by atoms with van der Waals surface area (Å²) in [6, 6.07) is 1.83. The van der Waals surface area contributed by atoms with Crippen LogP contribution in [-0.4, -0.2) is 16.8 Å². The van der Waals surface area contributed by atoms with Crippen molar-refractivity contribution in [1.29, 1.82) is 0 Å². The predicted molar refractivity (Wildman–Crippen MR) is 44.2 cm³/mol. The average molecular weight is 168 g/mol. The third-order valence-corrected chi connectivity index (χ3v) is 2.10. The first kappa shape index (κ1) is 8.28. The molecular formula is C8H8O2S. The highest BCUT2D eigenvalue weighted by atomic mass is 32.1. The Morgan fingerprint density at radius 2 is 2.27 bits per heavy atom. The molecule has 1 heterocycles. The molecule has 0 spiro atoms. The number of thiophene rings is 1. The molecule has 11 heavy (non-hydrogen) atoms. The van der Waals surface area contributed by atoms with Gasteiger partial charge in [-0.3, -0.25) is 0 Å². The Kier molecular flexibility index (Phi) is 3.12. The van der Waals surface area contributed by atoms with E-state index in [4.69, 9.17) is 10.2 Å². The maximum Gasteiger partial charge on any atom is 0.104 e. The minimum atomic E-state index is -0.138. The lowest BCUT2D eigenvalue weighted by Crippen LogP contribution is -1.81. The van der Waals surface area contributed by atoms with E-state index < -0.39 is 0 Å². The van der Waals surface area contributed by atoms with Crippen LogP contribution in [0.2, 0.25) is 0 Å². The molecule has 1 rings (SSSR count). The smallest absolute Gasteiger partial charge is 0.104 e. The van der Waals surface area contributed by atoms with Gasteiger partial charge in [0, 0.05) is 10.4 Å². The summed E-state index contributed by atoms with van der Waals surface area (Å²) in [7, 11) is 0. The zero-order valence-corrected chi connectivity index (χ0v) is 6.69. The number of hydrogen-bond acceptors (Lipinski definition) is 3. The van der Waals surface area contributed by atoms with Gasteiger partial charge < -0.3 is 10.2 Å². The lowest BCUT2D eigenvalue weighted by Gasteiger charge is -1.87. The fourth-order valence-electron chi connectivity index (χ4n) is 0.709. The largest absolute Gasteiger partial charge is 0.391 e. The quantitative estimate of drug-likeness (QED) is 0.602. The van der Waals surface area contributed by atoms with Gasteiger partial charge >= 0.3 is 0 Å². The van der Waals surface area contributed by atoms with Gasteiger partial charge in [0.2, 0.25) is 0 Å². The lowest BCUT2D eigenvalue weighted by molar-refractivity contribution is 0.285. The van der Waals surface area contributed by atoms with Crippen LogP contribution in [0.4, 0.5) is 0 Å². The fraction of sp³-hybridized carbons (Fsp3) is 0.250. The Balaban J connectivity index is 2.84. The van der Waals surface area contributed by atoms with Crippen molar-refractivity contribution in [2.45, 2.75) is 6.61 Å². The first-order chi connectivity index (χ1) is 5.38. The lowest BCUT2D eigenvalue weighted by atomic mass is 10.3. The van der Waals surface area contributed by atoms with E-state index in [1.54, 1.807) is 0 Å². The van der Waals surface area contributed by atoms with Gasteiger partial charge in [-0.2, -0.15) is 0 Å². The topological polar surface area (TPSA) is 40.5 Å². The average Bonchev–Trinajstić information content (AvgIpc) is 2.47. The van der Waals surface area contributed by atoms with Crippen LogP contribution in [0.25, 0.3) is 0 Å². The van der Waals surface area contributed by atoms with Gasteiger partial charge in [0.25, 0.3) is 0 Å². The zero-order valence-electron chi connectivity index (χ0n) is 5.87. The van der Waals surface area contributed by atoms with Crippen molar-refractivity contribution in [1.82, 2.24) is 0 Å². The molecule has 0 aliphatic rings. The molecule has 0 unspecified atom stereocenters. The van der Waals surface area contributed by atoms with Gasteiger partial charge in [0.05, 0.1) is 6.61 Å². The molecule has 3 heteroatoms. The molecule has 1 aromatic rings. The van der Waals surface area contributed by atoms with Crippen molar-refractivity contribution < 1.29 is 10.2 Å². The van der Waals surface area contributed by atoms with Crippen LogP contribution in [0.15, 0.2) is 11.4 Å². The van der Waals surface area contributed by atoms with Gasteiger partial charge in [-0.1, -0.05) is 11.8 Å². The van der Waals surface area contributed by atoms with Crippen molar-refractivity contribution in [2.75, 3.05) is 6.61 Å². The molecule has 0 bridgehead atoms. The molecule has 0 amide bonds.